The maximum Gasteiger partial charge on any atom is 0.240 e. The average molecular weight is 401 g/mol. The highest BCUT2D eigenvalue weighted by atomic mass is 32.1. The molecule has 0 spiro atoms. The van der Waals surface area contributed by atoms with Crippen LogP contribution in [0, 0.1) is 0 Å². The molecule has 3 aromatic rings. The molecule has 0 atom stereocenters. The Balaban J connectivity index is 1.45. The number of aromatic nitrogens is 1. The van der Waals surface area contributed by atoms with Crippen LogP contribution in [0.15, 0.2) is 70.6 Å². The van der Waals surface area contributed by atoms with E-state index in [1.807, 2.05) is 30.3 Å². The highest BCUT2D eigenvalue weighted by molar-refractivity contribution is 7.07. The number of benzene rings is 2. The summed E-state index contributed by atoms with van der Waals surface area (Å²) in [6.07, 6.45) is 2.73. The van der Waals surface area contributed by atoms with Crippen molar-refractivity contribution in [3.8, 4) is 0 Å². The van der Waals surface area contributed by atoms with E-state index in [-0.39, 0.29) is 24.5 Å². The number of hydrogen-bond acceptors (Lipinski definition) is 5. The number of Topliss-reactive ketones (excluding diaryl/α,β-unsaturated/α-hetero) is 1. The van der Waals surface area contributed by atoms with Gasteiger partial charge in [-0.15, -0.1) is 11.3 Å². The molecule has 144 valence electrons. The highest BCUT2D eigenvalue weighted by Crippen LogP contribution is 2.37. The molecule has 1 N–H and O–H groups in total. The van der Waals surface area contributed by atoms with Crippen LogP contribution in [-0.4, -0.2) is 22.9 Å². The van der Waals surface area contributed by atoms with Gasteiger partial charge in [0.15, 0.2) is 5.78 Å². The van der Waals surface area contributed by atoms with Gasteiger partial charge in [0.05, 0.1) is 11.7 Å². The Bertz CT molecular complexity index is 1090. The first-order valence-electron chi connectivity index (χ1n) is 9.32. The summed E-state index contributed by atoms with van der Waals surface area (Å²) >= 11 is 1.36. The molecule has 1 aromatic heterocycles. The quantitative estimate of drug-likeness (QED) is 0.363. The smallest absolute Gasteiger partial charge is 0.240 e. The number of amides is 1. The second kappa shape index (κ2) is 8.75. The maximum absolute atomic E-state index is 12.1. The van der Waals surface area contributed by atoms with E-state index < -0.39 is 0 Å². The van der Waals surface area contributed by atoms with Gasteiger partial charge >= 0.3 is 0 Å². The molecule has 0 bridgehead atoms. The van der Waals surface area contributed by atoms with Gasteiger partial charge in [-0.2, -0.15) is 5.10 Å². The summed E-state index contributed by atoms with van der Waals surface area (Å²) in [6, 6.07) is 18.4. The lowest BCUT2D eigenvalue weighted by Gasteiger charge is -2.05. The molecule has 2 aromatic carbocycles. The van der Waals surface area contributed by atoms with E-state index in [9.17, 15) is 9.59 Å². The molecule has 4 rings (SSSR count). The summed E-state index contributed by atoms with van der Waals surface area (Å²) in [5.41, 5.74) is 10.3. The minimum Gasteiger partial charge on any atom is -0.292 e. The van der Waals surface area contributed by atoms with E-state index in [1.165, 1.54) is 22.5 Å². The fourth-order valence-electron chi connectivity index (χ4n) is 3.36. The Kier molecular flexibility index (Phi) is 5.72. The van der Waals surface area contributed by atoms with Crippen molar-refractivity contribution in [2.45, 2.75) is 19.3 Å². The first kappa shape index (κ1) is 19.0. The molecule has 1 aliphatic carbocycles. The predicted octanol–water partition coefficient (Wildman–Crippen LogP) is 4.38. The number of thiazole rings is 1. The molecule has 1 amide bonds. The largest absolute Gasteiger partial charge is 0.292 e. The summed E-state index contributed by atoms with van der Waals surface area (Å²) < 4.78 is 0. The third kappa shape index (κ3) is 4.38. The first-order chi connectivity index (χ1) is 14.2. The molecule has 1 heterocycles. The van der Waals surface area contributed by atoms with E-state index in [0.717, 1.165) is 23.1 Å². The third-order valence-electron chi connectivity index (χ3n) is 4.80. The van der Waals surface area contributed by atoms with Crippen molar-refractivity contribution in [2.24, 2.45) is 5.10 Å². The molecule has 0 unspecified atom stereocenters. The van der Waals surface area contributed by atoms with Crippen LogP contribution in [0.25, 0.3) is 11.1 Å². The van der Waals surface area contributed by atoms with Crippen LogP contribution >= 0.6 is 11.3 Å². The summed E-state index contributed by atoms with van der Waals surface area (Å²) in [5.74, 6) is -0.429. The number of allylic oxidation sites excluding steroid dienone is 2. The number of hydrazone groups is 1. The SMILES string of the molecule is O=C(CCC(=O)c1cscn1)N/N=C/C1=C(c2ccccc2)Cc2ccccc21. The Hall–Kier alpha value is -3.38. The maximum atomic E-state index is 12.1. The number of rotatable bonds is 7. The zero-order chi connectivity index (χ0) is 20.1. The lowest BCUT2D eigenvalue weighted by Crippen LogP contribution is -2.18. The summed E-state index contributed by atoms with van der Waals surface area (Å²) in [4.78, 5) is 28.0. The van der Waals surface area contributed by atoms with Gasteiger partial charge in [-0.3, -0.25) is 9.59 Å². The van der Waals surface area contributed by atoms with E-state index in [1.54, 1.807) is 17.1 Å². The molecule has 29 heavy (non-hydrogen) atoms. The number of carbonyl (C=O) groups excluding carboxylic acids is 2. The van der Waals surface area contributed by atoms with Gasteiger partial charge in [-0.1, -0.05) is 54.6 Å². The van der Waals surface area contributed by atoms with Crippen LogP contribution in [0.1, 0.15) is 40.0 Å². The second-order valence-electron chi connectivity index (χ2n) is 6.68. The fraction of sp³-hybridized carbons (Fsp3) is 0.130. The predicted molar refractivity (Wildman–Crippen MR) is 116 cm³/mol. The van der Waals surface area contributed by atoms with Crippen molar-refractivity contribution in [3.05, 3.63) is 87.9 Å². The molecule has 0 radical (unpaired) electrons. The van der Waals surface area contributed by atoms with E-state index in [0.29, 0.717) is 5.69 Å². The number of ketones is 1. The topological polar surface area (TPSA) is 71.4 Å². The lowest BCUT2D eigenvalue weighted by molar-refractivity contribution is -0.121. The summed E-state index contributed by atoms with van der Waals surface area (Å²) in [7, 11) is 0. The Morgan fingerprint density at radius 1 is 1.07 bits per heavy atom. The zero-order valence-electron chi connectivity index (χ0n) is 15.7. The van der Waals surface area contributed by atoms with Crippen molar-refractivity contribution in [1.82, 2.24) is 10.4 Å². The summed E-state index contributed by atoms with van der Waals surface area (Å²) in [6.45, 7) is 0. The monoisotopic (exact) mass is 401 g/mol. The summed E-state index contributed by atoms with van der Waals surface area (Å²) in [5, 5.41) is 5.85. The van der Waals surface area contributed by atoms with Crippen molar-refractivity contribution >= 4 is 40.4 Å². The Morgan fingerprint density at radius 3 is 2.66 bits per heavy atom. The van der Waals surface area contributed by atoms with Gasteiger partial charge in [-0.05, 0) is 28.7 Å². The van der Waals surface area contributed by atoms with Crippen LogP contribution in [0.3, 0.4) is 0 Å². The Morgan fingerprint density at radius 2 is 1.86 bits per heavy atom. The van der Waals surface area contributed by atoms with Crippen molar-refractivity contribution in [1.29, 1.82) is 0 Å². The van der Waals surface area contributed by atoms with Gasteiger partial charge in [0.2, 0.25) is 5.91 Å². The van der Waals surface area contributed by atoms with Crippen LogP contribution in [-0.2, 0) is 11.2 Å². The van der Waals surface area contributed by atoms with E-state index >= 15 is 0 Å². The van der Waals surface area contributed by atoms with E-state index in [4.69, 9.17) is 0 Å². The van der Waals surface area contributed by atoms with Crippen molar-refractivity contribution in [2.75, 3.05) is 0 Å². The minimum atomic E-state index is -0.294. The average Bonchev–Trinajstić information content (AvgIpc) is 3.41. The molecule has 5 nitrogen and oxygen atoms in total. The molecule has 0 saturated heterocycles. The van der Waals surface area contributed by atoms with Crippen LogP contribution in [0.2, 0.25) is 0 Å². The lowest BCUT2D eigenvalue weighted by atomic mass is 10.0. The number of hydrogen-bond donors (Lipinski definition) is 1. The standard InChI is InChI=1S/C23H19N3O2S/c27-22(21-14-29-15-24-21)10-11-23(28)26-25-13-20-18-9-5-4-8-17(18)12-19(20)16-6-2-1-3-7-16/h1-9,13-15H,10-12H2,(H,26,28)/b25-13+. The van der Waals surface area contributed by atoms with Gasteiger partial charge in [0, 0.05) is 23.8 Å². The van der Waals surface area contributed by atoms with Crippen molar-refractivity contribution < 1.29 is 9.59 Å². The van der Waals surface area contributed by atoms with Gasteiger partial charge < -0.3 is 0 Å². The van der Waals surface area contributed by atoms with Crippen LogP contribution in [0.4, 0.5) is 0 Å². The normalized spacial score (nSPS) is 13.0. The molecule has 0 saturated carbocycles. The molecule has 6 heteroatoms. The molecule has 1 aliphatic rings. The minimum absolute atomic E-state index is 0.0783. The van der Waals surface area contributed by atoms with Crippen LogP contribution < -0.4 is 5.43 Å². The molecule has 0 aliphatic heterocycles. The number of carbonyl (C=O) groups is 2. The van der Waals surface area contributed by atoms with Gasteiger partial charge in [0.1, 0.15) is 5.69 Å². The zero-order valence-corrected chi connectivity index (χ0v) is 16.5. The molecule has 0 fully saturated rings. The van der Waals surface area contributed by atoms with Gasteiger partial charge in [0.25, 0.3) is 0 Å². The van der Waals surface area contributed by atoms with Crippen LogP contribution in [0.5, 0.6) is 0 Å². The molecular formula is C23H19N3O2S. The third-order valence-corrected chi connectivity index (χ3v) is 5.39. The fourth-order valence-corrected chi connectivity index (χ4v) is 3.92. The highest BCUT2D eigenvalue weighted by Gasteiger charge is 2.21. The van der Waals surface area contributed by atoms with E-state index in [2.05, 4.69) is 39.8 Å². The number of nitrogens with zero attached hydrogens (tertiary/aromatic N) is 2. The number of nitrogens with one attached hydrogen (secondary N) is 1. The van der Waals surface area contributed by atoms with Crippen molar-refractivity contribution in [3.63, 3.8) is 0 Å². The molecular weight excluding hydrogens is 382 g/mol. The second-order valence-corrected chi connectivity index (χ2v) is 7.40. The number of fused-ring (bicyclic) bond motifs is 1. The van der Waals surface area contributed by atoms with Gasteiger partial charge in [-0.25, -0.2) is 10.4 Å². The first-order valence-corrected chi connectivity index (χ1v) is 10.3. The Labute approximate surface area is 172 Å².